The van der Waals surface area contributed by atoms with E-state index < -0.39 is 0 Å². The van der Waals surface area contributed by atoms with Crippen molar-refractivity contribution in [2.45, 2.75) is 104 Å². The van der Waals surface area contributed by atoms with Gasteiger partial charge in [-0.1, -0.05) is 90.9 Å². The van der Waals surface area contributed by atoms with Crippen LogP contribution < -0.4 is 0 Å². The molecule has 0 aromatic rings. The zero-order chi connectivity index (χ0) is 39.5. The minimum absolute atomic E-state index is 0.517. The molecule has 0 bridgehead atoms. The van der Waals surface area contributed by atoms with E-state index >= 15 is 0 Å². The summed E-state index contributed by atoms with van der Waals surface area (Å²) in [5.41, 5.74) is 0. The second kappa shape index (κ2) is 53.5. The second-order valence-corrected chi connectivity index (χ2v) is 13.2. The van der Waals surface area contributed by atoms with Crippen LogP contribution in [0.3, 0.4) is 0 Å². The lowest BCUT2D eigenvalue weighted by molar-refractivity contribution is -0.0290. The normalized spacial score (nSPS) is 11.7. The Morgan fingerprint density at radius 1 is 0.145 bits per heavy atom. The first-order chi connectivity index (χ1) is 27.4. The Morgan fingerprint density at radius 3 is 0.436 bits per heavy atom. The van der Waals surface area contributed by atoms with E-state index in [2.05, 4.69) is 13.8 Å². The van der Waals surface area contributed by atoms with Gasteiger partial charge in [0.25, 0.3) is 0 Å². The van der Waals surface area contributed by atoms with Gasteiger partial charge in [0.1, 0.15) is 0 Å². The van der Waals surface area contributed by atoms with Crippen LogP contribution in [0.1, 0.15) is 104 Å². The summed E-state index contributed by atoms with van der Waals surface area (Å²) in [6.07, 6.45) is 18.2. The molecule has 0 N–H and O–H groups in total. The highest BCUT2D eigenvalue weighted by Gasteiger charge is 1.98. The van der Waals surface area contributed by atoms with Crippen LogP contribution in [0.25, 0.3) is 0 Å². The maximum Gasteiger partial charge on any atom is 0.0701 e. The lowest BCUT2D eigenvalue weighted by Gasteiger charge is -2.09. The molecule has 13 nitrogen and oxygen atoms in total. The summed E-state index contributed by atoms with van der Waals surface area (Å²) in [5.74, 6) is 0. The van der Waals surface area contributed by atoms with Crippen LogP contribution in [-0.4, -0.2) is 172 Å². The summed E-state index contributed by atoms with van der Waals surface area (Å²) in [4.78, 5) is 0. The van der Waals surface area contributed by atoms with Gasteiger partial charge in [0.2, 0.25) is 0 Å². The molecule has 0 heterocycles. The largest absolute Gasteiger partial charge is 0.379 e. The predicted molar refractivity (Wildman–Crippen MR) is 217 cm³/mol. The van der Waals surface area contributed by atoms with E-state index in [1.54, 1.807) is 0 Å². The van der Waals surface area contributed by atoms with Crippen LogP contribution in [0, 0.1) is 0 Å². The zero-order valence-corrected chi connectivity index (χ0v) is 35.6. The fraction of sp³-hybridized carbons (Fsp3) is 1.00. The molecule has 0 atom stereocenters. The smallest absolute Gasteiger partial charge is 0.0701 e. The number of unbranched alkanes of at least 4 members (excludes halogenated alkanes) is 12. The monoisotopic (exact) mass is 799 g/mol. The number of ether oxygens (including phenoxy) is 13. The quantitative estimate of drug-likeness (QED) is 0.0608. The summed E-state index contributed by atoms with van der Waals surface area (Å²) < 4.78 is 71.9. The molecule has 55 heavy (non-hydrogen) atoms. The fourth-order valence-corrected chi connectivity index (χ4v) is 5.06. The van der Waals surface area contributed by atoms with Gasteiger partial charge >= 0.3 is 0 Å². The van der Waals surface area contributed by atoms with Crippen LogP contribution in [0.4, 0.5) is 0 Å². The van der Waals surface area contributed by atoms with Crippen LogP contribution in [0.5, 0.6) is 0 Å². The van der Waals surface area contributed by atoms with Gasteiger partial charge in [0, 0.05) is 13.2 Å². The maximum absolute atomic E-state index is 5.63. The Bertz CT molecular complexity index is 599. The zero-order valence-electron chi connectivity index (χ0n) is 35.6. The Kier molecular flexibility index (Phi) is 53.0. The topological polar surface area (TPSA) is 120 Å². The van der Waals surface area contributed by atoms with Crippen molar-refractivity contribution in [3.63, 3.8) is 0 Å². The molecule has 0 fully saturated rings. The van der Waals surface area contributed by atoms with E-state index in [0.717, 1.165) is 26.1 Å². The molecular weight excluding hydrogens is 712 g/mol. The first-order valence-corrected chi connectivity index (χ1v) is 21.9. The van der Waals surface area contributed by atoms with Gasteiger partial charge in [-0.3, -0.25) is 0 Å². The van der Waals surface area contributed by atoms with Gasteiger partial charge in [0.15, 0.2) is 0 Å². The van der Waals surface area contributed by atoms with Crippen molar-refractivity contribution in [2.75, 3.05) is 172 Å². The molecule has 0 aliphatic heterocycles. The summed E-state index contributed by atoms with van der Waals surface area (Å²) in [6.45, 7) is 19.4. The molecular formula is C42H86O13. The van der Waals surface area contributed by atoms with E-state index in [1.807, 2.05) is 0 Å². The molecule has 0 unspecified atom stereocenters. The average Bonchev–Trinajstić information content (AvgIpc) is 3.20. The molecule has 0 amide bonds. The highest BCUT2D eigenvalue weighted by atomic mass is 16.6. The highest BCUT2D eigenvalue weighted by Crippen LogP contribution is 2.08. The van der Waals surface area contributed by atoms with Crippen molar-refractivity contribution < 1.29 is 61.6 Å². The average molecular weight is 799 g/mol. The molecule has 0 spiro atoms. The molecule has 0 radical (unpaired) electrons. The van der Waals surface area contributed by atoms with Crippen molar-refractivity contribution >= 4 is 0 Å². The third kappa shape index (κ3) is 53.5. The van der Waals surface area contributed by atoms with Gasteiger partial charge in [-0.25, -0.2) is 0 Å². The van der Waals surface area contributed by atoms with Crippen molar-refractivity contribution in [2.24, 2.45) is 0 Å². The van der Waals surface area contributed by atoms with Crippen molar-refractivity contribution in [3.05, 3.63) is 0 Å². The second-order valence-electron chi connectivity index (χ2n) is 13.2. The first kappa shape index (κ1) is 54.5. The molecule has 0 rings (SSSR count). The van der Waals surface area contributed by atoms with E-state index in [-0.39, 0.29) is 0 Å². The molecule has 0 aromatic carbocycles. The van der Waals surface area contributed by atoms with Gasteiger partial charge in [-0.2, -0.15) is 0 Å². The van der Waals surface area contributed by atoms with Gasteiger partial charge in [-0.05, 0) is 12.8 Å². The fourth-order valence-electron chi connectivity index (χ4n) is 5.06. The first-order valence-electron chi connectivity index (χ1n) is 21.9. The van der Waals surface area contributed by atoms with E-state index in [1.165, 1.54) is 77.0 Å². The molecule has 0 aromatic heterocycles. The summed E-state index contributed by atoms with van der Waals surface area (Å²) in [5, 5.41) is 0. The summed E-state index contributed by atoms with van der Waals surface area (Å²) >= 11 is 0. The van der Waals surface area contributed by atoms with E-state index in [9.17, 15) is 0 Å². The Hall–Kier alpha value is -0.520. The Morgan fingerprint density at radius 2 is 0.273 bits per heavy atom. The predicted octanol–water partition coefficient (Wildman–Crippen LogP) is 6.70. The summed E-state index contributed by atoms with van der Waals surface area (Å²) in [6, 6.07) is 0. The molecule has 0 aliphatic carbocycles. The van der Waals surface area contributed by atoms with Gasteiger partial charge in [-0.15, -0.1) is 0 Å². The Labute approximate surface area is 336 Å². The Balaban J connectivity index is 3.05. The van der Waals surface area contributed by atoms with E-state index in [0.29, 0.717) is 159 Å². The lowest BCUT2D eigenvalue weighted by atomic mass is 10.1. The maximum atomic E-state index is 5.63. The van der Waals surface area contributed by atoms with E-state index in [4.69, 9.17) is 61.6 Å². The molecule has 0 aliphatic rings. The SMILES string of the molecule is CCCCCCCCCCOCCOCCOCCOCCOCCOCCOCCOCCOCCOCCOCCOCCOCCCCCCCC. The van der Waals surface area contributed by atoms with Gasteiger partial charge in [0.05, 0.1) is 159 Å². The molecule has 13 heteroatoms. The van der Waals surface area contributed by atoms with Crippen molar-refractivity contribution in [1.29, 1.82) is 0 Å². The van der Waals surface area contributed by atoms with Crippen LogP contribution in [0.15, 0.2) is 0 Å². The highest BCUT2D eigenvalue weighted by molar-refractivity contribution is 4.47. The van der Waals surface area contributed by atoms with Crippen molar-refractivity contribution in [3.8, 4) is 0 Å². The summed E-state index contributed by atoms with van der Waals surface area (Å²) in [7, 11) is 0. The third-order valence-electron chi connectivity index (χ3n) is 8.25. The standard InChI is InChI=1S/C42H86O13/c1-3-5-7-9-11-12-14-16-18-44-20-22-46-24-26-48-28-30-50-32-34-52-36-38-54-40-42-55-41-39-53-37-35-51-33-31-49-29-27-47-25-23-45-21-19-43-17-15-13-10-8-6-4-2/h3-42H2,1-2H3. The molecule has 0 saturated carbocycles. The molecule has 332 valence electrons. The van der Waals surface area contributed by atoms with Crippen molar-refractivity contribution in [1.82, 2.24) is 0 Å². The minimum atomic E-state index is 0.517. The van der Waals surface area contributed by atoms with Crippen LogP contribution in [-0.2, 0) is 61.6 Å². The van der Waals surface area contributed by atoms with Crippen LogP contribution in [0.2, 0.25) is 0 Å². The minimum Gasteiger partial charge on any atom is -0.379 e. The number of hydrogen-bond donors (Lipinski definition) is 0. The van der Waals surface area contributed by atoms with Gasteiger partial charge < -0.3 is 61.6 Å². The number of hydrogen-bond acceptors (Lipinski definition) is 13. The molecule has 0 saturated heterocycles. The van der Waals surface area contributed by atoms with Crippen LogP contribution >= 0.6 is 0 Å². The number of rotatable bonds is 52. The third-order valence-corrected chi connectivity index (χ3v) is 8.25. The lowest BCUT2D eigenvalue weighted by Crippen LogP contribution is -2.15.